The van der Waals surface area contributed by atoms with Gasteiger partial charge in [-0.05, 0) is 298 Å². The summed E-state index contributed by atoms with van der Waals surface area (Å²) in [5, 5.41) is 2.21. The third-order valence-electron chi connectivity index (χ3n) is 10.8. The van der Waals surface area contributed by atoms with E-state index in [0.29, 0.717) is 0 Å². The van der Waals surface area contributed by atoms with Crippen LogP contribution in [0.2, 0.25) is 295 Å². The van der Waals surface area contributed by atoms with Crippen LogP contribution >= 0.6 is 0 Å². The molecular weight excluding hydrogens is 1620 g/mol. The molecule has 0 radical (unpaired) electrons. The molecule has 98 heavy (non-hydrogen) atoms. The molecule has 0 N–H and O–H groups in total. The Morgan fingerprint density at radius 1 is 0.204 bits per heavy atom. The Morgan fingerprint density at radius 3 is 0.684 bits per heavy atom. The van der Waals surface area contributed by atoms with Crippen molar-refractivity contribution in [3.05, 3.63) is 60.7 Å². The van der Waals surface area contributed by atoms with Gasteiger partial charge in [0.2, 0.25) is 0 Å². The maximum Gasteiger partial charge on any atom is 0.470 e. The molecule has 0 heterocycles. The lowest BCUT2D eigenvalue weighted by atomic mass is 10.4. The number of benzene rings is 2. The van der Waals surface area contributed by atoms with E-state index < -0.39 is 201 Å². The largest absolute Gasteiger partial charge is 0.470 e. The molecule has 6 unspecified atom stereocenters. The van der Waals surface area contributed by atoms with E-state index >= 15 is 0 Å². The zero-order chi connectivity index (χ0) is 78.1. The van der Waals surface area contributed by atoms with Gasteiger partial charge in [0.15, 0.2) is 92.9 Å². The third-order valence-corrected chi connectivity index (χ3v) is 80.9. The van der Waals surface area contributed by atoms with Crippen LogP contribution < -0.4 is 10.4 Å². The Kier molecular flexibility index (Phi) is 47.7. The van der Waals surface area contributed by atoms with E-state index in [-0.39, 0.29) is 0 Å². The molecule has 0 aromatic heterocycles. The molecule has 0 spiro atoms. The second-order valence-corrected chi connectivity index (χ2v) is 115. The highest BCUT2D eigenvalue weighted by atomic mass is 28.5. The van der Waals surface area contributed by atoms with Crippen LogP contribution in [-0.2, 0) is 74.1 Å². The van der Waals surface area contributed by atoms with Crippen LogP contribution in [-0.4, -0.2) is 201 Å². The minimum absolute atomic E-state index is 0.939. The Bertz CT molecular complexity index is 2320. The molecule has 0 aliphatic heterocycles. The molecule has 2 aromatic rings. The maximum atomic E-state index is 7.10. The summed E-state index contributed by atoms with van der Waals surface area (Å²) in [6.07, 6.45) is 0. The summed E-state index contributed by atoms with van der Waals surface area (Å²) >= 11 is 0. The molecule has 0 aliphatic carbocycles. The van der Waals surface area contributed by atoms with Gasteiger partial charge in [0, 0.05) is 6.55 Å². The van der Waals surface area contributed by atoms with Crippen molar-refractivity contribution in [2.24, 2.45) is 0 Å². The van der Waals surface area contributed by atoms with E-state index in [1.54, 1.807) is 0 Å². The van der Waals surface area contributed by atoms with Crippen LogP contribution in [0, 0.1) is 0 Å². The molecule has 0 bridgehead atoms. The summed E-state index contributed by atoms with van der Waals surface area (Å²) < 4.78 is 113. The molecule has 0 amide bonds. The van der Waals surface area contributed by atoms with Crippen LogP contribution in [0.5, 0.6) is 0 Å². The van der Waals surface area contributed by atoms with Gasteiger partial charge in [-0.1, -0.05) is 60.7 Å². The predicted octanol–water partition coefficient (Wildman–Crippen LogP) is 15.6. The number of rotatable bonds is 38. The summed E-state index contributed by atoms with van der Waals surface area (Å²) in [5.41, 5.74) is 0. The van der Waals surface area contributed by atoms with Gasteiger partial charge >= 0.3 is 70.9 Å². The average Bonchev–Trinajstić information content (AvgIpc) is 0.763. The van der Waals surface area contributed by atoms with E-state index in [1.807, 2.05) is 18.7 Å². The lowest BCUT2D eigenvalue weighted by molar-refractivity contribution is 0.222. The standard InChI is InChI=1S/C21H38O4Si5.C13H42O6Si7.C9H28O3Si4.C7H24O3Si4.C7H22O2Si3/c1-26(22-27(2,3)4)23-30(20-16-12-10-13-17-20,21-18-14-11-15-19-21)25-29(8,9)24-28(5,6)7;1-20(14-23(4,5)6)17-26(13,18-21(2)15-24(7,8)9)19-22(3)16-25(10,11)12;1-13(10-14(2,3)4)11-16(8,9)12-15(5,6)7;1-11(2)8-13(5)10-14(6,7)9-12(3)4;1-10(8-11(2,3)4)9-12(5,6)7/h10-19,26H,1-9H3;20-22H,1-13H3;13H,1-9H3;11-13H,1-7H3;10H,1-7H3. The Hall–Kier alpha value is 2.71. The van der Waals surface area contributed by atoms with E-state index in [4.69, 9.17) is 74.1 Å². The molecule has 2 aromatic carbocycles. The summed E-state index contributed by atoms with van der Waals surface area (Å²) in [6.45, 7) is 97.5. The van der Waals surface area contributed by atoms with E-state index in [2.05, 4.69) is 337 Å². The zero-order valence-corrected chi connectivity index (χ0v) is 95.7. The van der Waals surface area contributed by atoms with Gasteiger partial charge in [0.1, 0.15) is 0 Å². The van der Waals surface area contributed by atoms with Crippen molar-refractivity contribution in [1.82, 2.24) is 0 Å². The van der Waals surface area contributed by atoms with Gasteiger partial charge in [0.05, 0.1) is 0 Å². The molecule has 0 saturated carbocycles. The van der Waals surface area contributed by atoms with Crippen molar-refractivity contribution in [1.29, 1.82) is 0 Å². The minimum Gasteiger partial charge on any atom is -0.442 e. The van der Waals surface area contributed by atoms with Gasteiger partial charge in [-0.25, -0.2) is 0 Å². The first-order chi connectivity index (χ1) is 43.2. The van der Waals surface area contributed by atoms with E-state index in [9.17, 15) is 0 Å². The second kappa shape index (κ2) is 44.5. The highest BCUT2D eigenvalue weighted by Crippen LogP contribution is 2.26. The van der Waals surface area contributed by atoms with Gasteiger partial charge < -0.3 is 74.1 Å². The quantitative estimate of drug-likeness (QED) is 0.0582. The van der Waals surface area contributed by atoms with Crippen molar-refractivity contribution in [3.63, 3.8) is 0 Å². The molecule has 18 nitrogen and oxygen atoms in total. The van der Waals surface area contributed by atoms with Crippen LogP contribution in [0.4, 0.5) is 0 Å². The van der Waals surface area contributed by atoms with Crippen molar-refractivity contribution in [2.75, 3.05) is 0 Å². The summed E-state index contributed by atoms with van der Waals surface area (Å²) in [6, 6.07) is 20.9. The molecule has 41 heteroatoms. The Morgan fingerprint density at radius 2 is 0.439 bits per heavy atom. The Balaban J connectivity index is -0.00000121. The van der Waals surface area contributed by atoms with Crippen LogP contribution in [0.1, 0.15) is 0 Å². The molecule has 0 fully saturated rings. The Labute approximate surface area is 635 Å². The van der Waals surface area contributed by atoms with Crippen LogP contribution in [0.15, 0.2) is 60.7 Å². The minimum atomic E-state index is -3.03. The molecule has 6 atom stereocenters. The summed E-state index contributed by atoms with van der Waals surface area (Å²) in [4.78, 5) is 0. The fraction of sp³-hybridized carbons (Fsp3) is 0.789. The first-order valence-corrected chi connectivity index (χ1v) is 98.9. The summed E-state index contributed by atoms with van der Waals surface area (Å²) in [7, 11) is -40.1. The predicted molar refractivity (Wildman–Crippen MR) is 480 cm³/mol. The van der Waals surface area contributed by atoms with Gasteiger partial charge in [-0.3, -0.25) is 0 Å². The van der Waals surface area contributed by atoms with Crippen LogP contribution in [0.25, 0.3) is 0 Å². The summed E-state index contributed by atoms with van der Waals surface area (Å²) in [5.74, 6) is 0. The zero-order valence-electron chi connectivity index (χ0n) is 71.3. The van der Waals surface area contributed by atoms with Gasteiger partial charge in [-0.2, -0.15) is 0 Å². The van der Waals surface area contributed by atoms with Gasteiger partial charge in [0.25, 0.3) is 37.1 Å². The highest BCUT2D eigenvalue weighted by molar-refractivity contribution is 7.01. The molecule has 582 valence electrons. The van der Waals surface area contributed by atoms with Crippen LogP contribution in [0.3, 0.4) is 0 Å². The van der Waals surface area contributed by atoms with Crippen molar-refractivity contribution < 1.29 is 74.1 Å². The van der Waals surface area contributed by atoms with Crippen molar-refractivity contribution in [3.8, 4) is 0 Å². The molecule has 0 aliphatic rings. The molecule has 2 rings (SSSR count). The number of hydrogen-bond donors (Lipinski definition) is 0. The highest BCUT2D eigenvalue weighted by Gasteiger charge is 2.51. The van der Waals surface area contributed by atoms with Gasteiger partial charge in [-0.15, -0.1) is 0 Å². The monoisotopic (exact) mass is 1770 g/mol. The molecule has 0 saturated heterocycles. The van der Waals surface area contributed by atoms with E-state index in [0.717, 1.165) is 10.4 Å². The smallest absolute Gasteiger partial charge is 0.442 e. The van der Waals surface area contributed by atoms with E-state index in [1.165, 1.54) is 0 Å². The lowest BCUT2D eigenvalue weighted by Crippen LogP contribution is -2.70. The first-order valence-electron chi connectivity index (χ1n) is 35.5. The van der Waals surface area contributed by atoms with Crippen molar-refractivity contribution >= 4 is 211 Å². The topological polar surface area (TPSA) is 166 Å². The number of hydrogen-bond acceptors (Lipinski definition) is 18. The second-order valence-electron chi connectivity index (χ2n) is 35.6. The maximum absolute atomic E-state index is 7.10. The fourth-order valence-corrected chi connectivity index (χ4v) is 88.6. The SMILES string of the molecule is C[SiH](C)O[SiH](C)O[Si](C)(C)O[SiH](C)C.C[SiH](O[Si](C)(C)C)O[Si](C)(C)C.C[SiH](O[Si](C)(C)C)O[Si](C)(C)O[Si](C)(C)C.C[SiH](O[Si](C)(C)C)O[Si](C)(O[SiH](C)O[Si](C)(C)C)O[SiH](C)O[Si](C)(C)C.C[SiH](O[Si](C)(C)C)O[Si](O[Si](C)(C)O[Si](C)(C)C)(c1ccccc1)c1ccccc1. The first kappa shape index (κ1) is 105. The normalized spacial score (nSPS) is 16.2. The lowest BCUT2D eigenvalue weighted by Gasteiger charge is -2.42. The van der Waals surface area contributed by atoms with Crippen molar-refractivity contribution in [2.45, 2.75) is 295 Å². The fourth-order valence-electron chi connectivity index (χ4n) is 10.3. The average molecular weight is 1770 g/mol. The molecular formula is C57H154O18Si23. The third kappa shape index (κ3) is 62.6.